The van der Waals surface area contributed by atoms with E-state index in [0.29, 0.717) is 23.1 Å². The molecule has 8 heteroatoms. The fraction of sp³-hybridized carbons (Fsp3) is 0.619. The average molecular weight is 534 g/mol. The molecule has 0 aromatic heterocycles. The number of nitrogens with one attached hydrogen (secondary N) is 2. The van der Waals surface area contributed by atoms with Crippen molar-refractivity contribution in [1.82, 2.24) is 15.5 Å². The lowest BCUT2D eigenvalue weighted by molar-refractivity contribution is -0.134. The van der Waals surface area contributed by atoms with E-state index in [9.17, 15) is 9.18 Å². The van der Waals surface area contributed by atoms with E-state index in [1.54, 1.807) is 12.1 Å². The number of likely N-dealkylation sites (tertiary alicyclic amines) is 1. The molecule has 1 atom stereocenters. The number of carbonyl (C=O) groups is 1. The summed E-state index contributed by atoms with van der Waals surface area (Å²) in [5.41, 5.74) is 0. The Labute approximate surface area is 194 Å². The minimum atomic E-state index is -0.181. The Bertz CT molecular complexity index is 684. The minimum Gasteiger partial charge on any atom is -0.357 e. The maximum absolute atomic E-state index is 13.7. The van der Waals surface area contributed by atoms with Crippen LogP contribution in [0.4, 0.5) is 4.39 Å². The van der Waals surface area contributed by atoms with Gasteiger partial charge in [0.25, 0.3) is 0 Å². The zero-order valence-corrected chi connectivity index (χ0v) is 20.2. The SMILES string of the molecule is CCNC(=NCCSc1ccccc1F)NC1CCN(C(=O)C2CCCC2)C1.I. The van der Waals surface area contributed by atoms with Crippen LogP contribution in [0.15, 0.2) is 34.2 Å². The van der Waals surface area contributed by atoms with E-state index >= 15 is 0 Å². The van der Waals surface area contributed by atoms with Gasteiger partial charge in [-0.15, -0.1) is 35.7 Å². The molecule has 1 aromatic rings. The van der Waals surface area contributed by atoms with Crippen LogP contribution in [0.3, 0.4) is 0 Å². The van der Waals surface area contributed by atoms with Crippen LogP contribution in [0.5, 0.6) is 0 Å². The average Bonchev–Trinajstić information content (AvgIpc) is 3.38. The molecule has 0 spiro atoms. The molecular weight excluding hydrogens is 502 g/mol. The second-order valence-electron chi connectivity index (χ2n) is 7.44. The first-order chi connectivity index (χ1) is 13.7. The monoisotopic (exact) mass is 534 g/mol. The first-order valence-corrected chi connectivity index (χ1v) is 11.4. The number of rotatable bonds is 7. The lowest BCUT2D eigenvalue weighted by atomic mass is 10.1. The Morgan fingerprint density at radius 3 is 2.76 bits per heavy atom. The topological polar surface area (TPSA) is 56.7 Å². The number of hydrogen-bond donors (Lipinski definition) is 2. The number of nitrogens with zero attached hydrogens (tertiary/aromatic N) is 2. The van der Waals surface area contributed by atoms with Gasteiger partial charge in [-0.25, -0.2) is 4.39 Å². The fourth-order valence-corrected chi connectivity index (χ4v) is 4.68. The molecule has 1 saturated heterocycles. The summed E-state index contributed by atoms with van der Waals surface area (Å²) in [4.78, 5) is 19.9. The molecule has 1 aliphatic heterocycles. The molecule has 1 unspecified atom stereocenters. The number of thioether (sulfide) groups is 1. The van der Waals surface area contributed by atoms with E-state index in [1.165, 1.54) is 30.7 Å². The van der Waals surface area contributed by atoms with Crippen LogP contribution in [-0.4, -0.2) is 54.7 Å². The molecule has 1 aromatic carbocycles. The highest BCUT2D eigenvalue weighted by molar-refractivity contribution is 14.0. The van der Waals surface area contributed by atoms with Crippen molar-refractivity contribution in [2.45, 2.75) is 50.0 Å². The van der Waals surface area contributed by atoms with Crippen molar-refractivity contribution in [3.8, 4) is 0 Å². The van der Waals surface area contributed by atoms with Crippen LogP contribution in [0.1, 0.15) is 39.0 Å². The molecule has 29 heavy (non-hydrogen) atoms. The number of amides is 1. The van der Waals surface area contributed by atoms with Gasteiger partial charge in [-0.05, 0) is 38.3 Å². The molecule has 0 bridgehead atoms. The Kier molecular flexibility index (Phi) is 10.5. The smallest absolute Gasteiger partial charge is 0.225 e. The van der Waals surface area contributed by atoms with Crippen molar-refractivity contribution < 1.29 is 9.18 Å². The van der Waals surface area contributed by atoms with Gasteiger partial charge in [0.15, 0.2) is 5.96 Å². The van der Waals surface area contributed by atoms with Gasteiger partial charge in [-0.2, -0.15) is 0 Å². The Hall–Kier alpha value is -1.03. The molecular formula is C21H32FIN4OS. The van der Waals surface area contributed by atoms with Crippen LogP contribution in [-0.2, 0) is 4.79 Å². The summed E-state index contributed by atoms with van der Waals surface area (Å²) in [6, 6.07) is 7.06. The third-order valence-electron chi connectivity index (χ3n) is 5.34. The first kappa shape index (κ1) is 24.2. The zero-order chi connectivity index (χ0) is 19.8. The second-order valence-corrected chi connectivity index (χ2v) is 8.57. The Morgan fingerprint density at radius 1 is 1.28 bits per heavy atom. The van der Waals surface area contributed by atoms with Gasteiger partial charge in [0.05, 0.1) is 6.54 Å². The largest absolute Gasteiger partial charge is 0.357 e. The summed E-state index contributed by atoms with van der Waals surface area (Å²) in [6.45, 7) is 5.00. The lowest BCUT2D eigenvalue weighted by Crippen LogP contribution is -2.45. The van der Waals surface area contributed by atoms with Crippen LogP contribution in [0.2, 0.25) is 0 Å². The van der Waals surface area contributed by atoms with Crippen molar-refractivity contribution in [2.24, 2.45) is 10.9 Å². The summed E-state index contributed by atoms with van der Waals surface area (Å²) >= 11 is 1.48. The molecule has 3 rings (SSSR count). The Balaban J connectivity index is 0.00000300. The number of hydrogen-bond acceptors (Lipinski definition) is 3. The highest BCUT2D eigenvalue weighted by Gasteiger charge is 2.32. The van der Waals surface area contributed by atoms with E-state index in [2.05, 4.69) is 15.6 Å². The highest BCUT2D eigenvalue weighted by atomic mass is 127. The number of guanidine groups is 1. The molecule has 2 N–H and O–H groups in total. The van der Waals surface area contributed by atoms with Crippen molar-refractivity contribution >= 4 is 47.6 Å². The number of carbonyl (C=O) groups excluding carboxylic acids is 1. The van der Waals surface area contributed by atoms with E-state index < -0.39 is 0 Å². The summed E-state index contributed by atoms with van der Waals surface area (Å²) in [5, 5.41) is 6.73. The molecule has 1 aliphatic carbocycles. The molecule has 1 amide bonds. The minimum absolute atomic E-state index is 0. The molecule has 2 fully saturated rings. The zero-order valence-electron chi connectivity index (χ0n) is 17.0. The maximum atomic E-state index is 13.7. The summed E-state index contributed by atoms with van der Waals surface area (Å²) < 4.78 is 13.7. The molecule has 1 saturated carbocycles. The van der Waals surface area contributed by atoms with Gasteiger partial charge in [-0.3, -0.25) is 9.79 Å². The predicted octanol–water partition coefficient (Wildman–Crippen LogP) is 3.88. The Morgan fingerprint density at radius 2 is 2.03 bits per heavy atom. The van der Waals surface area contributed by atoms with Crippen molar-refractivity contribution in [3.05, 3.63) is 30.1 Å². The maximum Gasteiger partial charge on any atom is 0.225 e. The van der Waals surface area contributed by atoms with Crippen LogP contribution >= 0.6 is 35.7 Å². The van der Waals surface area contributed by atoms with Gasteiger partial charge in [0.1, 0.15) is 5.82 Å². The summed E-state index contributed by atoms with van der Waals surface area (Å²) in [5.74, 6) is 1.89. The number of halogens is 2. The predicted molar refractivity (Wildman–Crippen MR) is 129 cm³/mol. The van der Waals surface area contributed by atoms with Crippen molar-refractivity contribution in [3.63, 3.8) is 0 Å². The highest BCUT2D eigenvalue weighted by Crippen LogP contribution is 2.27. The van der Waals surface area contributed by atoms with Crippen molar-refractivity contribution in [2.75, 3.05) is 31.9 Å². The fourth-order valence-electron chi connectivity index (χ4n) is 3.90. The second kappa shape index (κ2) is 12.6. The normalized spacial score (nSPS) is 19.9. The lowest BCUT2D eigenvalue weighted by Gasteiger charge is -2.21. The molecule has 1 heterocycles. The molecule has 5 nitrogen and oxygen atoms in total. The quantitative estimate of drug-likeness (QED) is 0.183. The third-order valence-corrected chi connectivity index (χ3v) is 6.37. The first-order valence-electron chi connectivity index (χ1n) is 10.4. The van der Waals surface area contributed by atoms with Crippen LogP contribution in [0.25, 0.3) is 0 Å². The summed E-state index contributed by atoms with van der Waals surface area (Å²) in [6.07, 6.45) is 5.43. The standard InChI is InChI=1S/C21H31FN4OS.HI/c1-2-23-21(24-12-14-28-19-10-6-5-9-18(19)22)25-17-11-13-26(15-17)20(27)16-7-3-4-8-16;/h5-6,9-10,16-17H,2-4,7-8,11-15H2,1H3,(H2,23,24,25);1H. The van der Waals surface area contributed by atoms with E-state index in [0.717, 1.165) is 44.9 Å². The number of aliphatic imine (C=N–C) groups is 1. The van der Waals surface area contributed by atoms with Crippen LogP contribution < -0.4 is 10.6 Å². The van der Waals surface area contributed by atoms with Crippen molar-refractivity contribution in [1.29, 1.82) is 0 Å². The van der Waals surface area contributed by atoms with Gasteiger partial charge < -0.3 is 15.5 Å². The van der Waals surface area contributed by atoms with E-state index in [-0.39, 0.29) is 41.8 Å². The number of benzene rings is 1. The van der Waals surface area contributed by atoms with Gasteiger partial charge in [0.2, 0.25) is 5.91 Å². The molecule has 2 aliphatic rings. The van der Waals surface area contributed by atoms with Gasteiger partial charge in [0, 0.05) is 42.2 Å². The summed E-state index contributed by atoms with van der Waals surface area (Å²) in [7, 11) is 0. The van der Waals surface area contributed by atoms with E-state index in [4.69, 9.17) is 0 Å². The van der Waals surface area contributed by atoms with Crippen LogP contribution in [0, 0.1) is 11.7 Å². The van der Waals surface area contributed by atoms with Gasteiger partial charge in [-0.1, -0.05) is 25.0 Å². The molecule has 0 radical (unpaired) electrons. The molecule has 162 valence electrons. The third kappa shape index (κ3) is 7.31. The van der Waals surface area contributed by atoms with Gasteiger partial charge >= 0.3 is 0 Å². The van der Waals surface area contributed by atoms with E-state index in [1.807, 2.05) is 17.9 Å².